The number of esters is 1. The largest absolute Gasteiger partial charge is 0.460 e. The van der Waals surface area contributed by atoms with Gasteiger partial charge in [-0.1, -0.05) is 19.9 Å². The molecule has 0 saturated heterocycles. The van der Waals surface area contributed by atoms with Crippen LogP contribution in [0.1, 0.15) is 38.8 Å². The lowest BCUT2D eigenvalue weighted by atomic mass is 10.1. The van der Waals surface area contributed by atoms with E-state index in [0.29, 0.717) is 13.1 Å². The number of carbonyl (C=O) groups excluding carboxylic acids is 1. The van der Waals surface area contributed by atoms with Crippen LogP contribution in [0.3, 0.4) is 0 Å². The van der Waals surface area contributed by atoms with Crippen LogP contribution in [0.4, 0.5) is 18.9 Å². The fraction of sp³-hybridized carbons (Fsp3) is 0.550. The fourth-order valence-corrected chi connectivity index (χ4v) is 4.19. The van der Waals surface area contributed by atoms with Gasteiger partial charge < -0.3 is 9.64 Å². The summed E-state index contributed by atoms with van der Waals surface area (Å²) in [5.41, 5.74) is -1.02. The van der Waals surface area contributed by atoms with Gasteiger partial charge in [0.05, 0.1) is 20.6 Å². The molecule has 1 aromatic carbocycles. The molecule has 0 bridgehead atoms. The molecule has 0 amide bonds. The van der Waals surface area contributed by atoms with Crippen molar-refractivity contribution in [1.82, 2.24) is 0 Å². The second-order valence-corrected chi connectivity index (χ2v) is 10.2. The lowest BCUT2D eigenvalue weighted by Gasteiger charge is -2.26. The maximum atomic E-state index is 14.7. The zero-order chi connectivity index (χ0) is 21.4. The number of nitrogens with zero attached hydrogens (tertiary/aromatic N) is 1. The summed E-state index contributed by atoms with van der Waals surface area (Å²) in [6, 6.07) is 0. The minimum absolute atomic E-state index is 0.0488. The molecular weight excluding hydrogens is 503 g/mol. The minimum atomic E-state index is -1.25. The Morgan fingerprint density at radius 3 is 2.21 bits per heavy atom. The lowest BCUT2D eigenvalue weighted by molar-refractivity contribution is -0.147. The van der Waals surface area contributed by atoms with Gasteiger partial charge in [-0.05, 0) is 64.0 Å². The zero-order valence-electron chi connectivity index (χ0n) is 16.5. The first kappa shape index (κ1) is 23.3. The van der Waals surface area contributed by atoms with E-state index in [-0.39, 0.29) is 28.1 Å². The van der Waals surface area contributed by atoms with Gasteiger partial charge in [0.25, 0.3) is 0 Å². The van der Waals surface area contributed by atoms with E-state index in [4.69, 9.17) is 4.74 Å². The third-order valence-corrected chi connectivity index (χ3v) is 6.05. The van der Waals surface area contributed by atoms with Crippen molar-refractivity contribution in [3.63, 3.8) is 0 Å². The van der Waals surface area contributed by atoms with Crippen LogP contribution in [0.25, 0.3) is 0 Å². The molecule has 2 rings (SSSR count). The molecule has 3 nitrogen and oxygen atoms in total. The SMILES string of the molecule is CCN(CC)c1c(F)c(C)c(F)c(F)c1COC(=O)[C@@H]1[C@H](C=C(Br)Br)C1(C)C. The highest BCUT2D eigenvalue weighted by Gasteiger charge is 2.61. The van der Waals surface area contributed by atoms with E-state index in [2.05, 4.69) is 31.9 Å². The fourth-order valence-electron chi connectivity index (χ4n) is 3.62. The van der Waals surface area contributed by atoms with Gasteiger partial charge in [-0.25, -0.2) is 13.2 Å². The Bertz CT molecular complexity index is 803. The van der Waals surface area contributed by atoms with E-state index in [1.165, 1.54) is 6.92 Å². The summed E-state index contributed by atoms with van der Waals surface area (Å²) in [6.45, 7) is 8.91. The minimum Gasteiger partial charge on any atom is -0.460 e. The van der Waals surface area contributed by atoms with Crippen LogP contribution in [0, 0.1) is 41.6 Å². The van der Waals surface area contributed by atoms with E-state index in [1.807, 2.05) is 19.9 Å². The van der Waals surface area contributed by atoms with Gasteiger partial charge >= 0.3 is 5.97 Å². The molecule has 1 saturated carbocycles. The number of halogens is 5. The Balaban J connectivity index is 2.32. The molecule has 1 aliphatic carbocycles. The van der Waals surface area contributed by atoms with Gasteiger partial charge in [0.2, 0.25) is 0 Å². The molecule has 0 aliphatic heterocycles. The summed E-state index contributed by atoms with van der Waals surface area (Å²) >= 11 is 6.56. The summed E-state index contributed by atoms with van der Waals surface area (Å²) in [4.78, 5) is 14.1. The zero-order valence-corrected chi connectivity index (χ0v) is 19.7. The molecule has 0 spiro atoms. The van der Waals surface area contributed by atoms with Crippen LogP contribution in [0.5, 0.6) is 0 Å². The molecule has 28 heavy (non-hydrogen) atoms. The van der Waals surface area contributed by atoms with Gasteiger partial charge in [-0.2, -0.15) is 0 Å². The van der Waals surface area contributed by atoms with Crippen LogP contribution < -0.4 is 4.90 Å². The Morgan fingerprint density at radius 2 is 1.71 bits per heavy atom. The van der Waals surface area contributed by atoms with Gasteiger partial charge in [0, 0.05) is 18.7 Å². The van der Waals surface area contributed by atoms with Crippen LogP contribution in [0.15, 0.2) is 9.47 Å². The number of hydrogen-bond donors (Lipinski definition) is 0. The number of carbonyl (C=O) groups is 1. The predicted molar refractivity (Wildman–Crippen MR) is 111 cm³/mol. The Hall–Kier alpha value is -1.02. The lowest BCUT2D eigenvalue weighted by Crippen LogP contribution is -2.26. The van der Waals surface area contributed by atoms with Crippen molar-refractivity contribution in [3.8, 4) is 0 Å². The Labute approximate surface area is 180 Å². The molecule has 1 aliphatic rings. The Kier molecular flexibility index (Phi) is 7.29. The summed E-state index contributed by atoms with van der Waals surface area (Å²) < 4.78 is 49.5. The third kappa shape index (κ3) is 4.27. The van der Waals surface area contributed by atoms with Gasteiger partial charge in [0.15, 0.2) is 17.5 Å². The van der Waals surface area contributed by atoms with Crippen LogP contribution in [0.2, 0.25) is 0 Å². The summed E-state index contributed by atoms with van der Waals surface area (Å²) in [7, 11) is 0. The van der Waals surface area contributed by atoms with Crippen molar-refractivity contribution in [3.05, 3.63) is 38.0 Å². The standard InChI is InChI=1S/C20H24Br2F3NO2/c1-6-26(7-2)18-11(17(25)15(23)10(3)16(18)24)9-28-19(27)14-12(8-13(21)22)20(14,4)5/h8,12,14H,6-7,9H2,1-5H3/t12-,14-/m0/s1. The van der Waals surface area contributed by atoms with E-state index in [9.17, 15) is 18.0 Å². The van der Waals surface area contributed by atoms with Crippen molar-refractivity contribution in [2.24, 2.45) is 17.3 Å². The van der Waals surface area contributed by atoms with Crippen molar-refractivity contribution >= 4 is 43.5 Å². The van der Waals surface area contributed by atoms with E-state index >= 15 is 0 Å². The second-order valence-electron chi connectivity index (χ2n) is 7.46. The quantitative estimate of drug-likeness (QED) is 0.312. The van der Waals surface area contributed by atoms with Crippen molar-refractivity contribution in [2.75, 3.05) is 18.0 Å². The monoisotopic (exact) mass is 525 g/mol. The maximum Gasteiger partial charge on any atom is 0.310 e. The summed E-state index contributed by atoms with van der Waals surface area (Å²) in [5.74, 6) is -4.23. The smallest absolute Gasteiger partial charge is 0.310 e. The van der Waals surface area contributed by atoms with Crippen molar-refractivity contribution in [1.29, 1.82) is 0 Å². The van der Waals surface area contributed by atoms with Crippen LogP contribution in [-0.2, 0) is 16.1 Å². The van der Waals surface area contributed by atoms with Gasteiger partial charge in [-0.3, -0.25) is 4.79 Å². The number of allylic oxidation sites excluding steroid dienone is 1. The number of benzene rings is 1. The first-order valence-electron chi connectivity index (χ1n) is 9.09. The molecule has 0 unspecified atom stereocenters. The number of anilines is 1. The van der Waals surface area contributed by atoms with Crippen LogP contribution in [-0.4, -0.2) is 19.1 Å². The first-order chi connectivity index (χ1) is 13.0. The summed E-state index contributed by atoms with van der Waals surface area (Å²) in [5, 5.41) is 0. The van der Waals surface area contributed by atoms with E-state index in [1.54, 1.807) is 18.7 Å². The highest BCUT2D eigenvalue weighted by molar-refractivity contribution is 9.28. The molecule has 2 atom stereocenters. The first-order valence-corrected chi connectivity index (χ1v) is 10.7. The summed E-state index contributed by atoms with van der Waals surface area (Å²) in [6.07, 6.45) is 1.86. The maximum absolute atomic E-state index is 14.7. The molecule has 0 heterocycles. The Morgan fingerprint density at radius 1 is 1.14 bits per heavy atom. The molecular formula is C20H24Br2F3NO2. The highest BCUT2D eigenvalue weighted by Crippen LogP contribution is 2.60. The number of ether oxygens (including phenoxy) is 1. The normalized spacial score (nSPS) is 19.9. The van der Waals surface area contributed by atoms with Crippen molar-refractivity contribution in [2.45, 2.75) is 41.2 Å². The van der Waals surface area contributed by atoms with Gasteiger partial charge in [-0.15, -0.1) is 0 Å². The molecule has 8 heteroatoms. The topological polar surface area (TPSA) is 29.5 Å². The molecule has 0 radical (unpaired) electrons. The third-order valence-electron chi connectivity index (χ3n) is 5.52. The van der Waals surface area contributed by atoms with Crippen LogP contribution >= 0.6 is 31.9 Å². The number of hydrogen-bond acceptors (Lipinski definition) is 3. The molecule has 0 aromatic heterocycles. The molecule has 156 valence electrons. The molecule has 0 N–H and O–H groups in total. The van der Waals surface area contributed by atoms with Gasteiger partial charge in [0.1, 0.15) is 6.61 Å². The predicted octanol–water partition coefficient (Wildman–Crippen LogP) is 6.21. The second kappa shape index (κ2) is 8.78. The number of rotatable bonds is 7. The average Bonchev–Trinajstić information content (AvgIpc) is 3.16. The molecule has 1 fully saturated rings. The van der Waals surface area contributed by atoms with Crippen molar-refractivity contribution < 1.29 is 22.7 Å². The molecule has 1 aromatic rings. The van der Waals surface area contributed by atoms with E-state index in [0.717, 1.165) is 3.39 Å². The highest BCUT2D eigenvalue weighted by atomic mass is 79.9. The van der Waals surface area contributed by atoms with E-state index < -0.39 is 35.9 Å². The average molecular weight is 527 g/mol.